The lowest BCUT2D eigenvalue weighted by Gasteiger charge is -2.44. The van der Waals surface area contributed by atoms with E-state index < -0.39 is 0 Å². The molecule has 4 atom stereocenters. The van der Waals surface area contributed by atoms with E-state index in [0.29, 0.717) is 13.2 Å². The molecule has 1 nitrogen and oxygen atoms in total. The Morgan fingerprint density at radius 1 is 1.35 bits per heavy atom. The first-order valence-corrected chi connectivity index (χ1v) is 10.4. The molecule has 2 fully saturated rings. The van der Waals surface area contributed by atoms with Crippen LogP contribution in [0, 0.1) is 0 Å². The van der Waals surface area contributed by atoms with Gasteiger partial charge >= 0.3 is 0 Å². The lowest BCUT2D eigenvalue weighted by molar-refractivity contribution is 0.236. The summed E-state index contributed by atoms with van der Waals surface area (Å²) in [5, 5.41) is 0.635. The van der Waals surface area contributed by atoms with Gasteiger partial charge in [-0.3, -0.25) is 4.90 Å². The molecule has 0 radical (unpaired) electrons. The van der Waals surface area contributed by atoms with Gasteiger partial charge < -0.3 is 0 Å². The van der Waals surface area contributed by atoms with Crippen LogP contribution in [0.5, 0.6) is 0 Å². The molecule has 0 bridgehead atoms. The molecule has 0 spiro atoms. The highest BCUT2D eigenvalue weighted by atomic mass is 31.1. The van der Waals surface area contributed by atoms with E-state index in [4.69, 9.17) is 0 Å². The monoisotopic (exact) mass is 273 g/mol. The third-order valence-corrected chi connectivity index (χ3v) is 10.5. The first-order chi connectivity index (χ1) is 8.20. The fourth-order valence-electron chi connectivity index (χ4n) is 3.71. The number of hydrogen-bond acceptors (Lipinski definition) is 1. The normalized spacial score (nSPS) is 39.5. The van der Waals surface area contributed by atoms with Crippen LogP contribution in [0.15, 0.2) is 0 Å². The van der Waals surface area contributed by atoms with E-state index in [-0.39, 0.29) is 0 Å². The summed E-state index contributed by atoms with van der Waals surface area (Å²) in [6.45, 7) is 2.35. The van der Waals surface area contributed by atoms with Crippen LogP contribution in [-0.4, -0.2) is 48.4 Å². The minimum atomic E-state index is 0.359. The lowest BCUT2D eigenvalue weighted by atomic mass is 10.0. The topological polar surface area (TPSA) is 3.24 Å². The van der Waals surface area contributed by atoms with Gasteiger partial charge in [0, 0.05) is 10.9 Å². The molecule has 2 heterocycles. The van der Waals surface area contributed by atoms with Crippen LogP contribution in [0.2, 0.25) is 0 Å². The third-order valence-electron chi connectivity index (χ3n) is 4.68. The van der Waals surface area contributed by atoms with Gasteiger partial charge in [-0.2, -0.15) is 0 Å². The molecule has 0 aromatic rings. The predicted molar refractivity (Wildman–Crippen MR) is 83.4 cm³/mol. The highest BCUT2D eigenvalue weighted by Gasteiger charge is 2.47. The molecule has 0 N–H and O–H groups in total. The summed E-state index contributed by atoms with van der Waals surface area (Å²) in [5.74, 6) is 0. The quantitative estimate of drug-likeness (QED) is 0.680. The van der Waals surface area contributed by atoms with Crippen molar-refractivity contribution in [2.24, 2.45) is 0 Å². The zero-order valence-corrected chi connectivity index (χ0v) is 13.7. The number of hydrogen-bond donors (Lipinski definition) is 0. The van der Waals surface area contributed by atoms with E-state index in [2.05, 4.69) is 25.9 Å². The maximum Gasteiger partial charge on any atom is 0.0439 e. The van der Waals surface area contributed by atoms with Crippen molar-refractivity contribution in [2.45, 2.75) is 56.4 Å². The van der Waals surface area contributed by atoms with Crippen molar-refractivity contribution in [2.75, 3.05) is 32.6 Å². The fraction of sp³-hybridized carbons (Fsp3) is 1.00. The molecule has 0 amide bonds. The Hall–Kier alpha value is 0.820. The lowest BCUT2D eigenvalue weighted by Crippen LogP contribution is -2.46. The van der Waals surface area contributed by atoms with Crippen molar-refractivity contribution in [1.29, 1.82) is 0 Å². The Morgan fingerprint density at radius 2 is 2.18 bits per heavy atom. The van der Waals surface area contributed by atoms with E-state index in [0.717, 1.165) is 5.66 Å². The molecule has 0 saturated carbocycles. The van der Waals surface area contributed by atoms with E-state index >= 15 is 0 Å². The van der Waals surface area contributed by atoms with Crippen molar-refractivity contribution >= 4 is 16.5 Å². The molecule has 0 aromatic carbocycles. The van der Waals surface area contributed by atoms with E-state index in [9.17, 15) is 0 Å². The van der Waals surface area contributed by atoms with Crippen LogP contribution < -0.4 is 0 Å². The first-order valence-electron chi connectivity index (χ1n) is 7.37. The zero-order valence-electron chi connectivity index (χ0n) is 11.8. The Balaban J connectivity index is 2.07. The molecule has 2 unspecified atom stereocenters. The van der Waals surface area contributed by atoms with E-state index in [1.807, 2.05) is 0 Å². The molecular weight excluding hydrogens is 244 g/mol. The van der Waals surface area contributed by atoms with Crippen molar-refractivity contribution < 1.29 is 0 Å². The minimum Gasteiger partial charge on any atom is -0.300 e. The standard InChI is InChI=1S/C14H29NP2/c1-4-5-11-17-12-6-8-13(17)14(15(2)3)9-7-10-16-14/h13,16H,4-12H2,1-3H3/t13-,14?,17-/m1/s1. The second-order valence-corrected chi connectivity index (χ2v) is 10.3. The molecule has 0 aliphatic carbocycles. The molecule has 2 aliphatic heterocycles. The molecular formula is C14H29NP2. The van der Waals surface area contributed by atoms with Gasteiger partial charge in [-0.1, -0.05) is 21.9 Å². The zero-order chi connectivity index (χ0) is 12.3. The summed E-state index contributed by atoms with van der Waals surface area (Å²) < 4.78 is 0. The fourth-order valence-corrected chi connectivity index (χ4v) is 10.0. The summed E-state index contributed by atoms with van der Waals surface area (Å²) in [7, 11) is 6.28. The largest absolute Gasteiger partial charge is 0.300 e. The second kappa shape index (κ2) is 6.31. The average molecular weight is 273 g/mol. The van der Waals surface area contributed by atoms with Crippen molar-refractivity contribution in [1.82, 2.24) is 4.90 Å². The van der Waals surface area contributed by atoms with Gasteiger partial charge in [0.25, 0.3) is 0 Å². The van der Waals surface area contributed by atoms with Gasteiger partial charge in [0.1, 0.15) is 0 Å². The third kappa shape index (κ3) is 2.88. The number of nitrogens with zero attached hydrogens (tertiary/aromatic N) is 1. The Kier molecular flexibility index (Phi) is 5.29. The molecule has 100 valence electrons. The highest BCUT2D eigenvalue weighted by molar-refractivity contribution is 7.60. The summed E-state index contributed by atoms with van der Waals surface area (Å²) in [6, 6.07) is 0. The SMILES string of the molecule is CCCC[P@]1CCC[C@@H]1C1(N(C)C)CCCP1. The first kappa shape index (κ1) is 14.2. The van der Waals surface area contributed by atoms with Crippen LogP contribution in [0.3, 0.4) is 0 Å². The van der Waals surface area contributed by atoms with Gasteiger partial charge in [0.05, 0.1) is 0 Å². The molecule has 17 heavy (non-hydrogen) atoms. The van der Waals surface area contributed by atoms with Crippen LogP contribution in [0.25, 0.3) is 0 Å². The smallest absolute Gasteiger partial charge is 0.0439 e. The summed E-state index contributed by atoms with van der Waals surface area (Å²) in [4.78, 5) is 2.62. The van der Waals surface area contributed by atoms with Crippen molar-refractivity contribution in [3.05, 3.63) is 0 Å². The van der Waals surface area contributed by atoms with Crippen LogP contribution in [0.1, 0.15) is 45.4 Å². The summed E-state index contributed by atoms with van der Waals surface area (Å²) >= 11 is 0. The Bertz CT molecular complexity index is 236. The van der Waals surface area contributed by atoms with Gasteiger partial charge in [-0.05, 0) is 64.7 Å². The van der Waals surface area contributed by atoms with E-state index in [1.54, 1.807) is 18.7 Å². The van der Waals surface area contributed by atoms with Gasteiger partial charge in [-0.15, -0.1) is 7.92 Å². The van der Waals surface area contributed by atoms with Crippen molar-refractivity contribution in [3.8, 4) is 0 Å². The second-order valence-electron chi connectivity index (χ2n) is 5.90. The molecule has 3 heteroatoms. The van der Waals surface area contributed by atoms with E-state index in [1.165, 1.54) is 46.8 Å². The van der Waals surface area contributed by atoms with Crippen LogP contribution in [0.4, 0.5) is 0 Å². The molecule has 2 rings (SSSR count). The summed E-state index contributed by atoms with van der Waals surface area (Å²) in [5.41, 5.74) is 1.08. The highest BCUT2D eigenvalue weighted by Crippen LogP contribution is 2.63. The maximum absolute atomic E-state index is 2.62. The minimum absolute atomic E-state index is 0.359. The predicted octanol–water partition coefficient (Wildman–Crippen LogP) is 4.16. The van der Waals surface area contributed by atoms with Gasteiger partial charge in [-0.25, -0.2) is 0 Å². The summed E-state index contributed by atoms with van der Waals surface area (Å²) in [6.07, 6.45) is 13.6. The Morgan fingerprint density at radius 3 is 2.76 bits per heavy atom. The molecule has 2 aliphatic rings. The van der Waals surface area contributed by atoms with Crippen LogP contribution in [-0.2, 0) is 0 Å². The Labute approximate surface area is 111 Å². The van der Waals surface area contributed by atoms with Gasteiger partial charge in [0.2, 0.25) is 0 Å². The van der Waals surface area contributed by atoms with Crippen molar-refractivity contribution in [3.63, 3.8) is 0 Å². The van der Waals surface area contributed by atoms with Crippen LogP contribution >= 0.6 is 16.5 Å². The molecule has 2 saturated heterocycles. The maximum atomic E-state index is 2.62. The number of unbranched alkanes of at least 4 members (excludes halogenated alkanes) is 1. The average Bonchev–Trinajstić information content (AvgIpc) is 2.95. The number of rotatable bonds is 5. The van der Waals surface area contributed by atoms with Gasteiger partial charge in [0.15, 0.2) is 0 Å². The molecule has 0 aromatic heterocycles.